The van der Waals surface area contributed by atoms with Crippen LogP contribution in [0.1, 0.15) is 37.7 Å². The Kier molecular flexibility index (Phi) is 4.69. The number of piperidine rings is 1. The van der Waals surface area contributed by atoms with Crippen molar-refractivity contribution in [2.75, 3.05) is 0 Å². The molecule has 3 rings (SSSR count). The molecule has 3 heteroatoms. The lowest BCUT2D eigenvalue weighted by Crippen LogP contribution is -2.50. The molecule has 2 unspecified atom stereocenters. The Balaban J connectivity index is 1.65. The number of nitrogens with zero attached hydrogens (tertiary/aromatic N) is 1. The van der Waals surface area contributed by atoms with Gasteiger partial charge >= 0.3 is 0 Å². The number of fused-ring (bicyclic) bond motifs is 2. The molecule has 2 saturated heterocycles. The quantitative estimate of drug-likeness (QED) is 0.674. The van der Waals surface area contributed by atoms with Gasteiger partial charge in [-0.25, -0.2) is 0 Å². The van der Waals surface area contributed by atoms with E-state index in [1.54, 1.807) is 0 Å². The third kappa shape index (κ3) is 4.26. The highest BCUT2D eigenvalue weighted by molar-refractivity contribution is 6.83. The number of rotatable bonds is 3. The summed E-state index contributed by atoms with van der Waals surface area (Å²) in [5.41, 5.74) is 4.23. The highest BCUT2D eigenvalue weighted by Crippen LogP contribution is 2.42. The van der Waals surface area contributed by atoms with Crippen molar-refractivity contribution in [1.82, 2.24) is 4.90 Å². The van der Waals surface area contributed by atoms with Crippen LogP contribution < -0.4 is 0 Å². The fourth-order valence-corrected chi connectivity index (χ4v) is 4.70. The van der Waals surface area contributed by atoms with Gasteiger partial charge in [0.05, 0.1) is 5.60 Å². The number of hydrogen-bond donors (Lipinski definition) is 1. The standard InChI is InChI=1S/C20H29NOSi/c1-23(2,3)13-7-12-20(22)14-18-10-11-19(15-20)21(18)16-17-8-5-4-6-9-17/h4-6,8-9,18-19,22H,10-12,14-16H2,1-3H3. The van der Waals surface area contributed by atoms with E-state index in [0.29, 0.717) is 18.5 Å². The molecule has 2 aliphatic rings. The predicted octanol–water partition coefficient (Wildman–Crippen LogP) is 3.82. The van der Waals surface area contributed by atoms with E-state index in [1.165, 1.54) is 18.4 Å². The van der Waals surface area contributed by atoms with E-state index in [0.717, 1.165) is 19.4 Å². The third-order valence-electron chi connectivity index (χ3n) is 5.09. The molecule has 2 bridgehead atoms. The SMILES string of the molecule is C[Si](C)(C)C#CCC1(O)CC2CCC(C1)N2Cc1ccccc1. The van der Waals surface area contributed by atoms with E-state index in [2.05, 4.69) is 66.3 Å². The van der Waals surface area contributed by atoms with Crippen molar-refractivity contribution in [1.29, 1.82) is 0 Å². The van der Waals surface area contributed by atoms with Gasteiger partial charge in [0, 0.05) is 25.0 Å². The van der Waals surface area contributed by atoms with Crippen molar-refractivity contribution < 1.29 is 5.11 Å². The van der Waals surface area contributed by atoms with Crippen LogP contribution >= 0.6 is 0 Å². The van der Waals surface area contributed by atoms with Crippen LogP contribution in [0.25, 0.3) is 0 Å². The van der Waals surface area contributed by atoms with Gasteiger partial charge in [0.15, 0.2) is 0 Å². The molecular formula is C20H29NOSi. The minimum atomic E-state index is -1.34. The summed E-state index contributed by atoms with van der Waals surface area (Å²) in [6.07, 6.45) is 4.87. The molecule has 23 heavy (non-hydrogen) atoms. The minimum Gasteiger partial charge on any atom is -0.389 e. The Morgan fingerprint density at radius 2 is 1.74 bits per heavy atom. The van der Waals surface area contributed by atoms with Crippen LogP contribution in [0.5, 0.6) is 0 Å². The lowest BCUT2D eigenvalue weighted by molar-refractivity contribution is -0.0508. The van der Waals surface area contributed by atoms with Crippen molar-refractivity contribution >= 4 is 8.07 Å². The van der Waals surface area contributed by atoms with Crippen LogP contribution in [-0.2, 0) is 6.54 Å². The second kappa shape index (κ2) is 6.43. The summed E-state index contributed by atoms with van der Waals surface area (Å²) in [4.78, 5) is 2.62. The van der Waals surface area contributed by atoms with Gasteiger partial charge in [0.2, 0.25) is 0 Å². The van der Waals surface area contributed by atoms with Crippen LogP contribution in [0.2, 0.25) is 19.6 Å². The topological polar surface area (TPSA) is 23.5 Å². The van der Waals surface area contributed by atoms with Crippen LogP contribution in [-0.4, -0.2) is 35.8 Å². The zero-order chi connectivity index (χ0) is 16.5. The first-order valence-electron chi connectivity index (χ1n) is 8.87. The first kappa shape index (κ1) is 16.8. The molecule has 0 aromatic heterocycles. The molecular weight excluding hydrogens is 298 g/mol. The predicted molar refractivity (Wildman–Crippen MR) is 98.7 cm³/mol. The summed E-state index contributed by atoms with van der Waals surface area (Å²) < 4.78 is 0. The number of hydrogen-bond acceptors (Lipinski definition) is 2. The second-order valence-corrected chi connectivity index (χ2v) is 13.2. The molecule has 1 aromatic rings. The molecule has 2 atom stereocenters. The van der Waals surface area contributed by atoms with E-state index >= 15 is 0 Å². The number of aliphatic hydroxyl groups is 1. The van der Waals surface area contributed by atoms with E-state index in [-0.39, 0.29) is 0 Å². The summed E-state index contributed by atoms with van der Waals surface area (Å²) in [5.74, 6) is 3.31. The molecule has 1 N–H and O–H groups in total. The van der Waals surface area contributed by atoms with E-state index in [1.807, 2.05) is 0 Å². The molecule has 0 spiro atoms. The van der Waals surface area contributed by atoms with Gasteiger partial charge < -0.3 is 5.11 Å². The second-order valence-electron chi connectivity index (χ2n) is 8.40. The summed E-state index contributed by atoms with van der Waals surface area (Å²) in [6.45, 7) is 7.80. The molecule has 2 aliphatic heterocycles. The molecule has 1 aromatic carbocycles. The van der Waals surface area contributed by atoms with E-state index in [9.17, 15) is 5.11 Å². The zero-order valence-electron chi connectivity index (χ0n) is 14.7. The van der Waals surface area contributed by atoms with Gasteiger partial charge in [0.25, 0.3) is 0 Å². The van der Waals surface area contributed by atoms with Crippen LogP contribution in [0.4, 0.5) is 0 Å². The maximum atomic E-state index is 11.0. The van der Waals surface area contributed by atoms with Gasteiger partial charge in [0.1, 0.15) is 8.07 Å². The molecule has 0 saturated carbocycles. The van der Waals surface area contributed by atoms with Gasteiger partial charge in [-0.05, 0) is 31.2 Å². The maximum Gasteiger partial charge on any atom is 0.129 e. The first-order valence-corrected chi connectivity index (χ1v) is 12.4. The third-order valence-corrected chi connectivity index (χ3v) is 6.02. The molecule has 2 heterocycles. The largest absolute Gasteiger partial charge is 0.389 e. The molecule has 0 aliphatic carbocycles. The van der Waals surface area contributed by atoms with Gasteiger partial charge in [-0.2, -0.15) is 0 Å². The lowest BCUT2D eigenvalue weighted by Gasteiger charge is -2.43. The van der Waals surface area contributed by atoms with Crippen molar-refractivity contribution in [3.8, 4) is 11.5 Å². The Bertz CT molecular complexity index is 582. The van der Waals surface area contributed by atoms with E-state index in [4.69, 9.17) is 0 Å². The fourth-order valence-electron chi connectivity index (χ4n) is 4.08. The van der Waals surface area contributed by atoms with E-state index < -0.39 is 13.7 Å². The normalized spacial score (nSPS) is 30.8. The molecule has 0 radical (unpaired) electrons. The van der Waals surface area contributed by atoms with Crippen LogP contribution in [0.15, 0.2) is 30.3 Å². The Morgan fingerprint density at radius 3 is 2.30 bits per heavy atom. The summed E-state index contributed by atoms with van der Waals surface area (Å²) in [5, 5.41) is 11.0. The molecule has 2 nitrogen and oxygen atoms in total. The fraction of sp³-hybridized carbons (Fsp3) is 0.600. The monoisotopic (exact) mass is 327 g/mol. The van der Waals surface area contributed by atoms with Crippen molar-refractivity contribution in [2.45, 2.75) is 76.0 Å². The highest BCUT2D eigenvalue weighted by Gasteiger charge is 2.46. The average molecular weight is 328 g/mol. The maximum absolute atomic E-state index is 11.0. The van der Waals surface area contributed by atoms with Gasteiger partial charge in [-0.3, -0.25) is 4.90 Å². The van der Waals surface area contributed by atoms with Crippen molar-refractivity contribution in [2.24, 2.45) is 0 Å². The molecule has 2 fully saturated rings. The smallest absolute Gasteiger partial charge is 0.129 e. The number of benzene rings is 1. The molecule has 124 valence electrons. The van der Waals surface area contributed by atoms with Crippen molar-refractivity contribution in [3.05, 3.63) is 35.9 Å². The summed E-state index contributed by atoms with van der Waals surface area (Å²) in [7, 11) is -1.34. The Labute approximate surface area is 141 Å². The lowest BCUT2D eigenvalue weighted by atomic mass is 9.83. The van der Waals surface area contributed by atoms with Crippen LogP contribution in [0.3, 0.4) is 0 Å². The van der Waals surface area contributed by atoms with Gasteiger partial charge in [-0.1, -0.05) is 50.0 Å². The molecule has 0 amide bonds. The van der Waals surface area contributed by atoms with Crippen LogP contribution in [0, 0.1) is 11.5 Å². The van der Waals surface area contributed by atoms with Gasteiger partial charge in [-0.15, -0.1) is 11.5 Å². The van der Waals surface area contributed by atoms with Crippen molar-refractivity contribution in [3.63, 3.8) is 0 Å². The first-order chi connectivity index (χ1) is 10.8. The summed E-state index contributed by atoms with van der Waals surface area (Å²) >= 11 is 0. The Hall–Kier alpha value is -1.08. The zero-order valence-corrected chi connectivity index (χ0v) is 15.7. The summed E-state index contributed by atoms with van der Waals surface area (Å²) in [6, 6.07) is 11.8. The minimum absolute atomic E-state index is 0.521. The highest BCUT2D eigenvalue weighted by atomic mass is 28.3. The Morgan fingerprint density at radius 1 is 1.13 bits per heavy atom. The average Bonchev–Trinajstić information content (AvgIpc) is 2.71.